The quantitative estimate of drug-likeness (QED) is 0.120. The molecule has 2 nitrogen and oxygen atoms in total. The molecule has 0 aromatic heterocycles. The van der Waals surface area contributed by atoms with Crippen LogP contribution in [-0.2, 0) is 9.53 Å². The molecule has 0 heterocycles. The van der Waals surface area contributed by atoms with Gasteiger partial charge in [-0.3, -0.25) is 4.79 Å². The monoisotopic (exact) mass is 526 g/mol. The van der Waals surface area contributed by atoms with E-state index in [1.807, 2.05) is 0 Å². The molecular formula is C36H62O2. The van der Waals surface area contributed by atoms with E-state index >= 15 is 0 Å². The van der Waals surface area contributed by atoms with Crippen LogP contribution in [0.5, 0.6) is 0 Å². The third-order valence-corrected chi connectivity index (χ3v) is 12.2. The van der Waals surface area contributed by atoms with Crippen LogP contribution < -0.4 is 0 Å². The summed E-state index contributed by atoms with van der Waals surface area (Å²) < 4.78 is 6.04. The molecule has 3 fully saturated rings. The summed E-state index contributed by atoms with van der Waals surface area (Å²) in [5.74, 6) is 3.71. The van der Waals surface area contributed by atoms with Gasteiger partial charge >= 0.3 is 5.97 Å². The van der Waals surface area contributed by atoms with Crippen LogP contribution >= 0.6 is 0 Å². The van der Waals surface area contributed by atoms with Crippen molar-refractivity contribution in [1.29, 1.82) is 0 Å². The number of ether oxygens (including phenoxy) is 1. The van der Waals surface area contributed by atoms with E-state index in [1.54, 1.807) is 5.57 Å². The minimum absolute atomic E-state index is 0.0548. The fourth-order valence-electron chi connectivity index (χ4n) is 9.78. The summed E-state index contributed by atoms with van der Waals surface area (Å²) in [6.45, 7) is 9.86. The topological polar surface area (TPSA) is 26.3 Å². The summed E-state index contributed by atoms with van der Waals surface area (Å²) in [6.07, 6.45) is 31.2. The number of esters is 1. The zero-order chi connectivity index (χ0) is 27.0. The van der Waals surface area contributed by atoms with Gasteiger partial charge in [0.05, 0.1) is 0 Å². The molecule has 2 heteroatoms. The Morgan fingerprint density at radius 3 is 2.24 bits per heavy atom. The maximum Gasteiger partial charge on any atom is 0.306 e. The lowest BCUT2D eigenvalue weighted by Gasteiger charge is -2.58. The van der Waals surface area contributed by atoms with Crippen molar-refractivity contribution < 1.29 is 9.53 Å². The lowest BCUT2D eigenvalue weighted by Crippen LogP contribution is -2.50. The van der Waals surface area contributed by atoms with Gasteiger partial charge in [0.25, 0.3) is 0 Å². The van der Waals surface area contributed by atoms with Crippen LogP contribution in [0.1, 0.15) is 169 Å². The van der Waals surface area contributed by atoms with Crippen molar-refractivity contribution in [3.63, 3.8) is 0 Å². The number of unbranched alkanes of at least 4 members (excludes halogenated alkanes) is 10. The Kier molecular flexibility index (Phi) is 11.3. The number of carbonyl (C=O) groups is 1. The number of hydrogen-bond acceptors (Lipinski definition) is 2. The van der Waals surface area contributed by atoms with Gasteiger partial charge in [-0.25, -0.2) is 0 Å². The van der Waals surface area contributed by atoms with Gasteiger partial charge in [-0.15, -0.1) is 0 Å². The van der Waals surface area contributed by atoms with E-state index in [9.17, 15) is 4.79 Å². The average molecular weight is 527 g/mol. The normalized spacial score (nSPS) is 36.2. The van der Waals surface area contributed by atoms with Gasteiger partial charge in [-0.05, 0) is 92.3 Å². The van der Waals surface area contributed by atoms with Crippen LogP contribution in [0.2, 0.25) is 0 Å². The lowest BCUT2D eigenvalue weighted by atomic mass is 9.47. The molecule has 7 unspecified atom stereocenters. The molecule has 0 aromatic carbocycles. The predicted octanol–water partition coefficient (Wildman–Crippen LogP) is 11.0. The van der Waals surface area contributed by atoms with E-state index in [1.165, 1.54) is 116 Å². The first kappa shape index (κ1) is 30.2. The molecule has 38 heavy (non-hydrogen) atoms. The van der Waals surface area contributed by atoms with Crippen molar-refractivity contribution in [3.8, 4) is 0 Å². The van der Waals surface area contributed by atoms with E-state index < -0.39 is 0 Å². The Morgan fingerprint density at radius 2 is 1.50 bits per heavy atom. The van der Waals surface area contributed by atoms with Crippen molar-refractivity contribution in [1.82, 2.24) is 0 Å². The Bertz CT molecular complexity index is 769. The number of hydrogen-bond donors (Lipinski definition) is 0. The van der Waals surface area contributed by atoms with Gasteiger partial charge in [0, 0.05) is 12.8 Å². The van der Waals surface area contributed by atoms with Crippen LogP contribution in [0.4, 0.5) is 0 Å². The molecule has 0 aliphatic heterocycles. The Morgan fingerprint density at radius 1 is 0.816 bits per heavy atom. The zero-order valence-electron chi connectivity index (χ0n) is 25.8. The lowest BCUT2D eigenvalue weighted by molar-refractivity contribution is -0.151. The standard InChI is InChI=1S/C36H62O2/c1-5-7-9-11-13-15-17-28-20-22-32-31-21-19-29-27-30(38-34(37)18-16-14-12-10-8-6-2)23-25-36(29,4)33(31)24-26-35(28,32)3/h19,28,30-33H,5-18,20-27H2,1-4H3. The minimum atomic E-state index is 0.0548. The van der Waals surface area contributed by atoms with Gasteiger partial charge in [0.1, 0.15) is 6.10 Å². The third kappa shape index (κ3) is 6.91. The van der Waals surface area contributed by atoms with Crippen LogP contribution in [0.3, 0.4) is 0 Å². The highest BCUT2D eigenvalue weighted by molar-refractivity contribution is 5.69. The summed E-state index contributed by atoms with van der Waals surface area (Å²) in [5, 5.41) is 0. The first-order valence-corrected chi connectivity index (χ1v) is 17.3. The van der Waals surface area contributed by atoms with Gasteiger partial charge < -0.3 is 4.74 Å². The first-order chi connectivity index (χ1) is 18.4. The largest absolute Gasteiger partial charge is 0.462 e. The molecule has 4 aliphatic rings. The summed E-state index contributed by atoms with van der Waals surface area (Å²) in [6, 6.07) is 0. The molecular weight excluding hydrogens is 464 g/mol. The molecule has 218 valence electrons. The second kappa shape index (κ2) is 14.2. The molecule has 0 N–H and O–H groups in total. The van der Waals surface area contributed by atoms with Crippen molar-refractivity contribution in [2.45, 2.75) is 175 Å². The van der Waals surface area contributed by atoms with Gasteiger partial charge in [-0.1, -0.05) is 110 Å². The van der Waals surface area contributed by atoms with Gasteiger partial charge in [0.15, 0.2) is 0 Å². The van der Waals surface area contributed by atoms with Crippen molar-refractivity contribution >= 4 is 5.97 Å². The second-order valence-electron chi connectivity index (χ2n) is 14.5. The van der Waals surface area contributed by atoms with Crippen molar-refractivity contribution in [3.05, 3.63) is 11.6 Å². The minimum Gasteiger partial charge on any atom is -0.462 e. The smallest absolute Gasteiger partial charge is 0.306 e. The number of fused-ring (bicyclic) bond motifs is 5. The van der Waals surface area contributed by atoms with E-state index in [0.29, 0.717) is 17.3 Å². The average Bonchev–Trinajstić information content (AvgIpc) is 3.24. The van der Waals surface area contributed by atoms with E-state index in [0.717, 1.165) is 42.9 Å². The predicted molar refractivity (Wildman–Crippen MR) is 161 cm³/mol. The molecule has 0 radical (unpaired) electrons. The fourth-order valence-corrected chi connectivity index (χ4v) is 9.78. The molecule has 0 amide bonds. The highest BCUT2D eigenvalue weighted by atomic mass is 16.5. The van der Waals surface area contributed by atoms with Crippen LogP contribution in [0, 0.1) is 34.5 Å². The number of allylic oxidation sites excluding steroid dienone is 1. The van der Waals surface area contributed by atoms with Crippen molar-refractivity contribution in [2.75, 3.05) is 0 Å². The maximum absolute atomic E-state index is 12.6. The summed E-state index contributed by atoms with van der Waals surface area (Å²) in [5.41, 5.74) is 2.59. The van der Waals surface area contributed by atoms with Crippen LogP contribution in [-0.4, -0.2) is 12.1 Å². The summed E-state index contributed by atoms with van der Waals surface area (Å²) in [7, 11) is 0. The highest BCUT2D eigenvalue weighted by Gasteiger charge is 2.58. The molecule has 0 aromatic rings. The SMILES string of the molecule is CCCCCCCCC(=O)OC1CCC2(C)C(=CCC3C2CCC2(C)C(CCCCCCCC)CCC32)C1. The van der Waals surface area contributed by atoms with Gasteiger partial charge in [0.2, 0.25) is 0 Å². The molecule has 4 aliphatic carbocycles. The van der Waals surface area contributed by atoms with Crippen molar-refractivity contribution in [2.24, 2.45) is 34.5 Å². The van der Waals surface area contributed by atoms with Crippen LogP contribution in [0.15, 0.2) is 11.6 Å². The highest BCUT2D eigenvalue weighted by Crippen LogP contribution is 2.66. The van der Waals surface area contributed by atoms with Gasteiger partial charge in [-0.2, -0.15) is 0 Å². The number of carbonyl (C=O) groups excluding carboxylic acids is 1. The Labute approximate surface area is 236 Å². The third-order valence-electron chi connectivity index (χ3n) is 12.2. The van der Waals surface area contributed by atoms with Crippen LogP contribution in [0.25, 0.3) is 0 Å². The first-order valence-electron chi connectivity index (χ1n) is 17.3. The van der Waals surface area contributed by atoms with E-state index in [4.69, 9.17) is 4.74 Å². The molecule has 4 rings (SSSR count). The molecule has 7 atom stereocenters. The summed E-state index contributed by atoms with van der Waals surface area (Å²) >= 11 is 0. The molecule has 0 saturated heterocycles. The van der Waals surface area contributed by atoms with E-state index in [2.05, 4.69) is 33.8 Å². The Hall–Kier alpha value is -0.790. The summed E-state index contributed by atoms with van der Waals surface area (Å²) in [4.78, 5) is 12.6. The maximum atomic E-state index is 12.6. The number of rotatable bonds is 15. The fraction of sp³-hybridized carbons (Fsp3) is 0.917. The second-order valence-corrected chi connectivity index (χ2v) is 14.5. The molecule has 3 saturated carbocycles. The molecule has 0 bridgehead atoms. The Balaban J connectivity index is 1.27. The van der Waals surface area contributed by atoms with E-state index in [-0.39, 0.29) is 12.1 Å². The molecule has 0 spiro atoms. The zero-order valence-corrected chi connectivity index (χ0v) is 25.8.